The van der Waals surface area contributed by atoms with E-state index in [0.29, 0.717) is 0 Å². The van der Waals surface area contributed by atoms with Gasteiger partial charge >= 0.3 is 171 Å². The van der Waals surface area contributed by atoms with Crippen molar-refractivity contribution in [1.29, 1.82) is 0 Å². The van der Waals surface area contributed by atoms with Gasteiger partial charge in [0.05, 0.1) is 0 Å². The van der Waals surface area contributed by atoms with Crippen LogP contribution in [-0.2, 0) is 26.2 Å². The third-order valence-electron chi connectivity index (χ3n) is 5.40. The normalized spacial score (nSPS) is 13.3. The van der Waals surface area contributed by atoms with Crippen LogP contribution in [0.2, 0.25) is 0 Å². The quantitative estimate of drug-likeness (QED) is 0.617. The molecule has 2 aromatic rings. The molecule has 0 aliphatic heterocycles. The number of rotatable bonds is 4. The second-order valence-corrected chi connectivity index (χ2v) is 8.71. The number of allylic oxidation sites excluding steroid dienone is 4. The van der Waals surface area contributed by atoms with Crippen molar-refractivity contribution in [3.63, 3.8) is 0 Å². The van der Waals surface area contributed by atoms with Gasteiger partial charge in [-0.25, -0.2) is 0 Å². The molecule has 2 aromatic carbocycles. The average molecular weight is 449 g/mol. The van der Waals surface area contributed by atoms with Crippen molar-refractivity contribution < 1.29 is 45.5 Å². The van der Waals surface area contributed by atoms with Gasteiger partial charge in [0.25, 0.3) is 0 Å². The fourth-order valence-electron chi connectivity index (χ4n) is 4.07. The number of anilines is 1. The van der Waals surface area contributed by atoms with Crippen LogP contribution in [0.3, 0.4) is 0 Å². The fourth-order valence-corrected chi connectivity index (χ4v) is 4.81. The van der Waals surface area contributed by atoms with Crippen LogP contribution in [-0.4, -0.2) is 0 Å². The van der Waals surface area contributed by atoms with Crippen molar-refractivity contribution >= 4 is 11.3 Å². The molecule has 0 fully saturated rings. The summed E-state index contributed by atoms with van der Waals surface area (Å²) in [5, 5.41) is 0. The van der Waals surface area contributed by atoms with Crippen molar-refractivity contribution in [3.05, 3.63) is 81.9 Å². The summed E-state index contributed by atoms with van der Waals surface area (Å²) in [7, 11) is 0. The zero-order valence-corrected chi connectivity index (χ0v) is 20.6. The van der Waals surface area contributed by atoms with E-state index < -0.39 is 0 Å². The second kappa shape index (κ2) is 9.68. The molecule has 0 atom stereocenters. The predicted octanol–water partition coefficient (Wildman–Crippen LogP) is 0.557. The van der Waals surface area contributed by atoms with Crippen LogP contribution >= 0.6 is 0 Å². The van der Waals surface area contributed by atoms with Gasteiger partial charge in [-0.15, -0.1) is 0 Å². The Morgan fingerprint density at radius 2 is 1.50 bits per heavy atom. The maximum absolute atomic E-state index is 2.45. The van der Waals surface area contributed by atoms with E-state index in [1.807, 2.05) is 0 Å². The molecular weight excluding hydrogens is 421 g/mol. The molecule has 0 heterocycles. The maximum atomic E-state index is 2.45. The topological polar surface area (TPSA) is 3.24 Å². The van der Waals surface area contributed by atoms with Crippen molar-refractivity contribution in [2.75, 3.05) is 3.38 Å². The van der Waals surface area contributed by atoms with Crippen LogP contribution in [0.4, 0.5) is 5.69 Å². The smallest absolute Gasteiger partial charge is 1.00 e. The van der Waals surface area contributed by atoms with E-state index in [4.69, 9.17) is 0 Å². The summed E-state index contributed by atoms with van der Waals surface area (Å²) in [4.78, 5) is 0. The number of aryl methyl sites for hydroxylation is 3. The molecule has 0 unspecified atom stereocenters. The fraction of sp³-hybridized carbons (Fsp3) is 0.333. The van der Waals surface area contributed by atoms with Gasteiger partial charge in [-0.2, -0.15) is 0 Å². The molecule has 0 saturated carbocycles. The number of halogens is 2. The van der Waals surface area contributed by atoms with Gasteiger partial charge in [-0.3, -0.25) is 0 Å². The summed E-state index contributed by atoms with van der Waals surface area (Å²) in [5.41, 5.74) is 10.8. The molecule has 1 aliphatic rings. The standard InChI is InChI=1S/C24H28N.2ClH.Ti/c1-16-11-12-20(15-16)21-9-7-8-10-22(21)24(5,6)25-23-18(3)13-17(2)14-19(23)4;;;/h7-11,13-15H,12H2,1-6H3;2*1H;/q-1;;;+3/p-2. The van der Waals surface area contributed by atoms with Gasteiger partial charge in [-0.05, 0) is 0 Å². The molecule has 3 rings (SSSR count). The third kappa shape index (κ3) is 4.77. The molecule has 28 heavy (non-hydrogen) atoms. The van der Waals surface area contributed by atoms with Gasteiger partial charge in [0.2, 0.25) is 0 Å². The van der Waals surface area contributed by atoms with E-state index in [1.165, 1.54) is 44.7 Å². The zero-order chi connectivity index (χ0) is 19.1. The molecule has 0 bridgehead atoms. The van der Waals surface area contributed by atoms with Gasteiger partial charge in [0, 0.05) is 0 Å². The largest absolute Gasteiger partial charge is 1.00 e. The SMILES string of the molecule is CC1=CCC(c2ccccc2C(C)(C)[N]([Ti+2])c2c(C)cc(C)cc2C)=C1.[Cl-].[Cl-]. The number of benzene rings is 2. The van der Waals surface area contributed by atoms with Crippen LogP contribution in [0.15, 0.2) is 54.1 Å². The van der Waals surface area contributed by atoms with E-state index >= 15 is 0 Å². The summed E-state index contributed by atoms with van der Waals surface area (Å²) in [5.74, 6) is 0. The Hall–Kier alpha value is -0.986. The molecule has 1 nitrogen and oxygen atoms in total. The Balaban J connectivity index is 0.00000196. The average Bonchev–Trinajstić information content (AvgIpc) is 3.00. The van der Waals surface area contributed by atoms with Crippen LogP contribution in [0, 0.1) is 20.8 Å². The molecule has 0 N–H and O–H groups in total. The summed E-state index contributed by atoms with van der Waals surface area (Å²) >= 11 is 2.23. The first-order chi connectivity index (χ1) is 12.2. The molecule has 0 amide bonds. The van der Waals surface area contributed by atoms with Crippen molar-refractivity contribution in [1.82, 2.24) is 0 Å². The monoisotopic (exact) mass is 448 g/mol. The summed E-state index contributed by atoms with van der Waals surface area (Å²) in [6, 6.07) is 13.5. The van der Waals surface area contributed by atoms with Crippen molar-refractivity contribution in [3.8, 4) is 0 Å². The molecule has 0 aromatic heterocycles. The number of nitrogens with zero attached hydrogens (tertiary/aromatic N) is 1. The van der Waals surface area contributed by atoms with E-state index in [9.17, 15) is 0 Å². The minimum Gasteiger partial charge on any atom is -1.00 e. The Morgan fingerprint density at radius 1 is 0.929 bits per heavy atom. The summed E-state index contributed by atoms with van der Waals surface area (Å²) in [6.07, 6.45) is 5.68. The Labute approximate surface area is 194 Å². The Kier molecular flexibility index (Phi) is 8.66. The second-order valence-electron chi connectivity index (χ2n) is 8.01. The van der Waals surface area contributed by atoms with E-state index in [0.717, 1.165) is 6.42 Å². The summed E-state index contributed by atoms with van der Waals surface area (Å²) < 4.78 is 2.45. The molecule has 147 valence electrons. The van der Waals surface area contributed by atoms with Crippen molar-refractivity contribution in [2.24, 2.45) is 0 Å². The van der Waals surface area contributed by atoms with E-state index in [-0.39, 0.29) is 30.4 Å². The summed E-state index contributed by atoms with van der Waals surface area (Å²) in [6.45, 7) is 13.5. The van der Waals surface area contributed by atoms with Crippen LogP contribution in [0.1, 0.15) is 55.0 Å². The third-order valence-corrected chi connectivity index (χ3v) is 6.62. The molecule has 0 saturated heterocycles. The van der Waals surface area contributed by atoms with E-state index in [2.05, 4.69) is 114 Å². The molecule has 0 spiro atoms. The van der Waals surface area contributed by atoms with Gasteiger partial charge in [0.1, 0.15) is 0 Å². The van der Waals surface area contributed by atoms with Gasteiger partial charge in [-0.1, -0.05) is 0 Å². The van der Waals surface area contributed by atoms with Gasteiger partial charge in [0.15, 0.2) is 0 Å². The first-order valence-electron chi connectivity index (χ1n) is 9.28. The number of hydrogen-bond acceptors (Lipinski definition) is 1. The van der Waals surface area contributed by atoms with Crippen LogP contribution in [0.5, 0.6) is 0 Å². The molecular formula is C24H28Cl2NTi. The number of hydrogen-bond donors (Lipinski definition) is 0. The molecule has 4 heteroatoms. The molecule has 0 radical (unpaired) electrons. The van der Waals surface area contributed by atoms with Crippen LogP contribution < -0.4 is 28.2 Å². The van der Waals surface area contributed by atoms with E-state index in [1.54, 1.807) is 0 Å². The van der Waals surface area contributed by atoms with Gasteiger partial charge < -0.3 is 24.8 Å². The zero-order valence-electron chi connectivity index (χ0n) is 17.5. The Bertz CT molecular complexity index is 890. The van der Waals surface area contributed by atoms with Crippen LogP contribution in [0.25, 0.3) is 5.57 Å². The Morgan fingerprint density at radius 3 is 2.04 bits per heavy atom. The first kappa shape index (κ1) is 25.1. The minimum absolute atomic E-state index is 0. The molecule has 1 aliphatic carbocycles. The maximum Gasteiger partial charge on any atom is -1.00 e. The minimum atomic E-state index is -0.112. The predicted molar refractivity (Wildman–Crippen MR) is 109 cm³/mol. The van der Waals surface area contributed by atoms with Crippen molar-refractivity contribution in [2.45, 2.75) is 53.5 Å². The first-order valence-corrected chi connectivity index (χ1v) is 9.98.